The molecule has 7 nitrogen and oxygen atoms in total. The van der Waals surface area contributed by atoms with E-state index in [4.69, 9.17) is 15.9 Å². The predicted octanol–water partition coefficient (Wildman–Crippen LogP) is -0.245. The second kappa shape index (κ2) is 5.35. The van der Waals surface area contributed by atoms with Gasteiger partial charge in [-0.1, -0.05) is 0 Å². The van der Waals surface area contributed by atoms with Crippen molar-refractivity contribution in [2.24, 2.45) is 10.7 Å². The zero-order chi connectivity index (χ0) is 13.0. The number of ether oxygens (including phenoxy) is 1. The Balaban J connectivity index is 3.54. The standard InChI is InChI=1S/C10H15N5O2/c1-6(16)10-8(17-3)4-9(13-7(2)12)15(5-11)14-10/h4-5,7,11H,12H2,1-3H3/b11-5?,13-9-. The Morgan fingerprint density at radius 2 is 2.41 bits per heavy atom. The molecule has 1 rings (SSSR count). The number of nitrogens with one attached hydrogen (secondary N) is 1. The maximum Gasteiger partial charge on any atom is 0.183 e. The third-order valence-corrected chi connectivity index (χ3v) is 1.95. The highest BCUT2D eigenvalue weighted by Gasteiger charge is 2.12. The third kappa shape index (κ3) is 2.97. The molecule has 1 atom stereocenters. The molecule has 7 heteroatoms. The van der Waals surface area contributed by atoms with Gasteiger partial charge < -0.3 is 10.5 Å². The molecule has 1 unspecified atom stereocenters. The number of nitrogens with two attached hydrogens (primary N) is 1. The van der Waals surface area contributed by atoms with Crippen LogP contribution in [0.4, 0.5) is 0 Å². The second-order valence-corrected chi connectivity index (χ2v) is 3.42. The monoisotopic (exact) mass is 237 g/mol. The molecule has 0 amide bonds. The number of methoxy groups -OCH3 is 1. The van der Waals surface area contributed by atoms with E-state index in [0.717, 1.165) is 6.34 Å². The molecule has 0 aliphatic heterocycles. The van der Waals surface area contributed by atoms with E-state index in [1.807, 2.05) is 0 Å². The number of Topliss-reactive ketones (excluding diaryl/α,β-unsaturated/α-hetero) is 1. The summed E-state index contributed by atoms with van der Waals surface area (Å²) in [5.74, 6) is 0.0693. The molecule has 0 saturated heterocycles. The van der Waals surface area contributed by atoms with Crippen LogP contribution in [0.5, 0.6) is 5.75 Å². The van der Waals surface area contributed by atoms with Crippen molar-refractivity contribution >= 4 is 12.1 Å². The second-order valence-electron chi connectivity index (χ2n) is 3.42. The Labute approximate surface area is 98.4 Å². The zero-order valence-corrected chi connectivity index (χ0v) is 9.97. The van der Waals surface area contributed by atoms with Crippen molar-refractivity contribution in [2.45, 2.75) is 20.0 Å². The van der Waals surface area contributed by atoms with Crippen LogP contribution in [0.1, 0.15) is 24.3 Å². The van der Waals surface area contributed by atoms with Gasteiger partial charge in [-0.3, -0.25) is 10.2 Å². The molecule has 1 aromatic rings. The third-order valence-electron chi connectivity index (χ3n) is 1.95. The summed E-state index contributed by atoms with van der Waals surface area (Å²) in [5.41, 5.74) is 6.06. The van der Waals surface area contributed by atoms with Crippen LogP contribution in [-0.2, 0) is 0 Å². The van der Waals surface area contributed by atoms with Gasteiger partial charge in [0, 0.05) is 13.0 Å². The average molecular weight is 237 g/mol. The maximum absolute atomic E-state index is 11.3. The Morgan fingerprint density at radius 1 is 1.76 bits per heavy atom. The molecule has 0 aromatic carbocycles. The van der Waals surface area contributed by atoms with Gasteiger partial charge in [0.05, 0.1) is 13.3 Å². The van der Waals surface area contributed by atoms with E-state index in [9.17, 15) is 4.79 Å². The normalized spacial score (nSPS) is 13.3. The number of rotatable bonds is 4. The summed E-state index contributed by atoms with van der Waals surface area (Å²) in [6.45, 7) is 3.07. The lowest BCUT2D eigenvalue weighted by atomic mass is 10.2. The first kappa shape index (κ1) is 13.0. The van der Waals surface area contributed by atoms with Crippen LogP contribution in [0.2, 0.25) is 0 Å². The summed E-state index contributed by atoms with van der Waals surface area (Å²) in [5, 5.41) is 11.2. The van der Waals surface area contributed by atoms with Crippen LogP contribution in [0.25, 0.3) is 0 Å². The number of nitrogens with zero attached hydrogens (tertiary/aromatic N) is 3. The highest BCUT2D eigenvalue weighted by molar-refractivity contribution is 5.94. The van der Waals surface area contributed by atoms with Gasteiger partial charge in [0.15, 0.2) is 22.7 Å². The van der Waals surface area contributed by atoms with E-state index in [-0.39, 0.29) is 11.5 Å². The van der Waals surface area contributed by atoms with E-state index < -0.39 is 6.17 Å². The summed E-state index contributed by atoms with van der Waals surface area (Å²) in [6.07, 6.45) is 0.517. The highest BCUT2D eigenvalue weighted by Crippen LogP contribution is 2.12. The van der Waals surface area contributed by atoms with Crippen LogP contribution >= 0.6 is 0 Å². The molecule has 0 saturated carbocycles. The smallest absolute Gasteiger partial charge is 0.183 e. The molecule has 0 spiro atoms. The topological polar surface area (TPSA) is 106 Å². The van der Waals surface area contributed by atoms with Gasteiger partial charge >= 0.3 is 0 Å². The Morgan fingerprint density at radius 3 is 2.82 bits per heavy atom. The van der Waals surface area contributed by atoms with Crippen molar-refractivity contribution in [3.8, 4) is 5.75 Å². The minimum absolute atomic E-state index is 0.152. The lowest BCUT2D eigenvalue weighted by Gasteiger charge is -2.08. The molecule has 0 radical (unpaired) electrons. The fourth-order valence-electron chi connectivity index (χ4n) is 1.26. The Kier molecular flexibility index (Phi) is 4.11. The lowest BCUT2D eigenvalue weighted by molar-refractivity contribution is 0.100. The fraction of sp³-hybridized carbons (Fsp3) is 0.400. The van der Waals surface area contributed by atoms with Crippen LogP contribution < -0.4 is 16.0 Å². The number of carbonyl (C=O) groups excluding carboxylic acids is 1. The van der Waals surface area contributed by atoms with Gasteiger partial charge in [-0.15, -0.1) is 0 Å². The summed E-state index contributed by atoms with van der Waals surface area (Å²) < 4.78 is 6.23. The van der Waals surface area contributed by atoms with Crippen LogP contribution in [-0.4, -0.2) is 35.2 Å². The van der Waals surface area contributed by atoms with Gasteiger partial charge in [0.2, 0.25) is 0 Å². The van der Waals surface area contributed by atoms with Crippen molar-refractivity contribution in [1.82, 2.24) is 9.78 Å². The average Bonchev–Trinajstić information content (AvgIpc) is 2.27. The van der Waals surface area contributed by atoms with E-state index >= 15 is 0 Å². The maximum atomic E-state index is 11.3. The molecule has 92 valence electrons. The van der Waals surface area contributed by atoms with Crippen molar-refractivity contribution in [1.29, 1.82) is 5.41 Å². The minimum Gasteiger partial charge on any atom is -0.494 e. The summed E-state index contributed by atoms with van der Waals surface area (Å²) in [7, 11) is 1.44. The molecule has 1 aromatic heterocycles. The predicted molar refractivity (Wildman–Crippen MR) is 62.2 cm³/mol. The highest BCUT2D eigenvalue weighted by atomic mass is 16.5. The minimum atomic E-state index is -0.434. The number of ketones is 1. The number of hydrogen-bond acceptors (Lipinski definition) is 6. The van der Waals surface area contributed by atoms with Gasteiger partial charge in [0.1, 0.15) is 6.34 Å². The molecule has 0 bridgehead atoms. The first-order chi connectivity index (χ1) is 7.99. The SMILES string of the molecule is COc1c/c(=N/C(C)N)n(C=N)nc1C(C)=O. The number of hydrogen-bond donors (Lipinski definition) is 2. The van der Waals surface area contributed by atoms with Crippen molar-refractivity contribution < 1.29 is 9.53 Å². The molecule has 1 heterocycles. The molecule has 0 aliphatic carbocycles. The van der Waals surface area contributed by atoms with Gasteiger partial charge in [-0.05, 0) is 6.92 Å². The van der Waals surface area contributed by atoms with Gasteiger partial charge in [-0.25, -0.2) is 9.67 Å². The summed E-state index contributed by atoms with van der Waals surface area (Å²) in [4.78, 5) is 15.4. The molecule has 0 aliphatic rings. The summed E-state index contributed by atoms with van der Waals surface area (Å²) in [6, 6.07) is 1.53. The van der Waals surface area contributed by atoms with Crippen LogP contribution in [0, 0.1) is 5.41 Å². The van der Waals surface area contributed by atoms with Gasteiger partial charge in [0.25, 0.3) is 0 Å². The van der Waals surface area contributed by atoms with Crippen LogP contribution in [0.15, 0.2) is 11.1 Å². The molecular weight excluding hydrogens is 222 g/mol. The molecule has 3 N–H and O–H groups in total. The van der Waals surface area contributed by atoms with E-state index in [1.165, 1.54) is 24.8 Å². The van der Waals surface area contributed by atoms with E-state index in [1.54, 1.807) is 6.92 Å². The zero-order valence-electron chi connectivity index (χ0n) is 9.97. The Hall–Kier alpha value is -2.02. The molecule has 0 fully saturated rings. The molecular formula is C10H15N5O2. The van der Waals surface area contributed by atoms with Gasteiger partial charge in [-0.2, -0.15) is 5.10 Å². The quantitative estimate of drug-likeness (QED) is 0.428. The number of aromatic nitrogens is 2. The van der Waals surface area contributed by atoms with Crippen molar-refractivity contribution in [3.05, 3.63) is 17.2 Å². The Bertz CT molecular complexity index is 504. The van der Waals surface area contributed by atoms with E-state index in [0.29, 0.717) is 11.2 Å². The lowest BCUT2D eigenvalue weighted by Crippen LogP contribution is -2.29. The first-order valence-corrected chi connectivity index (χ1v) is 4.98. The summed E-state index contributed by atoms with van der Waals surface area (Å²) >= 11 is 0. The van der Waals surface area contributed by atoms with E-state index in [2.05, 4.69) is 10.1 Å². The number of carbonyl (C=O) groups is 1. The van der Waals surface area contributed by atoms with Crippen molar-refractivity contribution in [2.75, 3.05) is 7.11 Å². The van der Waals surface area contributed by atoms with Crippen LogP contribution in [0.3, 0.4) is 0 Å². The van der Waals surface area contributed by atoms with Crippen molar-refractivity contribution in [3.63, 3.8) is 0 Å². The first-order valence-electron chi connectivity index (χ1n) is 4.98. The fourth-order valence-corrected chi connectivity index (χ4v) is 1.26. The largest absolute Gasteiger partial charge is 0.494 e. The molecule has 17 heavy (non-hydrogen) atoms.